The number of phosphoric acid groups is 2. The zero-order valence-electron chi connectivity index (χ0n) is 69.6. The van der Waals surface area contributed by atoms with Gasteiger partial charge in [0.2, 0.25) is 0 Å². The first-order chi connectivity index (χ1) is 51.6. The molecule has 0 rings (SSSR count). The molecule has 106 heavy (non-hydrogen) atoms. The Hall–Kier alpha value is -1.94. The zero-order valence-corrected chi connectivity index (χ0v) is 71.4. The van der Waals surface area contributed by atoms with Gasteiger partial charge in [-0.15, -0.1) is 0 Å². The summed E-state index contributed by atoms with van der Waals surface area (Å²) in [4.78, 5) is 73.1. The standard InChI is InChI=1S/C87H170O17P2/c1-6-10-13-16-19-22-24-26-28-29-30-31-32-36-40-43-47-51-56-61-66-71-85(90)98-77-83(104-87(92)73-68-63-58-53-49-45-41-37-34-33-35-39-42-46-50-54-59-64-69-80(5)9-4)79-102-106(95,96)100-75-81(88)74-99-105(93,94)101-78-82(76-97-84(89)70-65-60-55-21-18-15-12-8-3)103-86(91)72-67-62-57-52-48-44-38-27-25-23-20-17-14-11-7-2/h80-83,88H,6-79H2,1-5H3,(H,93,94)(H,95,96)/t80?,81-,82+,83+/m0/s1. The van der Waals surface area contributed by atoms with Crippen LogP contribution in [0.4, 0.5) is 0 Å². The highest BCUT2D eigenvalue weighted by molar-refractivity contribution is 7.47. The summed E-state index contributed by atoms with van der Waals surface area (Å²) in [6.07, 6.45) is 73.8. The highest BCUT2D eigenvalue weighted by Crippen LogP contribution is 2.45. The van der Waals surface area contributed by atoms with Gasteiger partial charge < -0.3 is 33.8 Å². The molecule has 19 heteroatoms. The third-order valence-electron chi connectivity index (χ3n) is 20.9. The lowest BCUT2D eigenvalue weighted by atomic mass is 9.99. The molecule has 0 aromatic carbocycles. The molecule has 630 valence electrons. The van der Waals surface area contributed by atoms with Gasteiger partial charge in [0, 0.05) is 25.7 Å². The quantitative estimate of drug-likeness (QED) is 0.0222. The average molecular weight is 1550 g/mol. The Balaban J connectivity index is 5.17. The van der Waals surface area contributed by atoms with Crippen molar-refractivity contribution in [2.45, 2.75) is 490 Å². The number of aliphatic hydroxyl groups excluding tert-OH is 1. The largest absolute Gasteiger partial charge is 0.472 e. The average Bonchev–Trinajstić information content (AvgIpc) is 0.902. The van der Waals surface area contributed by atoms with Gasteiger partial charge in [0.1, 0.15) is 19.3 Å². The van der Waals surface area contributed by atoms with Crippen molar-refractivity contribution in [3.05, 3.63) is 0 Å². The number of carbonyl (C=O) groups excluding carboxylic acids is 4. The molecule has 6 atom stereocenters. The van der Waals surface area contributed by atoms with Gasteiger partial charge in [0.25, 0.3) is 0 Å². The van der Waals surface area contributed by atoms with E-state index in [1.807, 2.05) is 0 Å². The second kappa shape index (κ2) is 79.7. The van der Waals surface area contributed by atoms with Gasteiger partial charge in [-0.25, -0.2) is 9.13 Å². The molecular weight excluding hydrogens is 1380 g/mol. The molecule has 0 amide bonds. The van der Waals surface area contributed by atoms with Crippen LogP contribution in [0, 0.1) is 5.92 Å². The van der Waals surface area contributed by atoms with Crippen LogP contribution in [0.2, 0.25) is 0 Å². The molecule has 0 heterocycles. The lowest BCUT2D eigenvalue weighted by Crippen LogP contribution is -2.30. The minimum Gasteiger partial charge on any atom is -0.462 e. The number of carbonyl (C=O) groups is 4. The molecule has 0 spiro atoms. The summed E-state index contributed by atoms with van der Waals surface area (Å²) in [6.45, 7) is 7.41. The van der Waals surface area contributed by atoms with Crippen LogP contribution in [0.5, 0.6) is 0 Å². The number of rotatable bonds is 87. The molecule has 0 saturated carbocycles. The van der Waals surface area contributed by atoms with E-state index in [9.17, 15) is 43.2 Å². The summed E-state index contributed by atoms with van der Waals surface area (Å²) in [5.74, 6) is -1.23. The molecule has 0 aliphatic rings. The number of hydrogen-bond donors (Lipinski definition) is 3. The van der Waals surface area contributed by atoms with Crippen molar-refractivity contribution < 1.29 is 80.2 Å². The van der Waals surface area contributed by atoms with E-state index < -0.39 is 97.5 Å². The van der Waals surface area contributed by atoms with Crippen molar-refractivity contribution in [3.8, 4) is 0 Å². The van der Waals surface area contributed by atoms with E-state index in [1.165, 1.54) is 295 Å². The van der Waals surface area contributed by atoms with E-state index in [-0.39, 0.29) is 25.7 Å². The van der Waals surface area contributed by atoms with Gasteiger partial charge in [0.15, 0.2) is 12.2 Å². The van der Waals surface area contributed by atoms with Crippen LogP contribution < -0.4 is 0 Å². The van der Waals surface area contributed by atoms with Gasteiger partial charge in [-0.05, 0) is 31.6 Å². The molecule has 0 radical (unpaired) electrons. The van der Waals surface area contributed by atoms with E-state index in [2.05, 4.69) is 34.6 Å². The number of esters is 4. The van der Waals surface area contributed by atoms with Gasteiger partial charge in [-0.1, -0.05) is 420 Å². The van der Waals surface area contributed by atoms with Gasteiger partial charge in [-0.3, -0.25) is 37.3 Å². The smallest absolute Gasteiger partial charge is 0.462 e. The normalized spacial score (nSPS) is 14.0. The molecule has 3 unspecified atom stereocenters. The minimum absolute atomic E-state index is 0.108. The zero-order chi connectivity index (χ0) is 77.6. The molecule has 17 nitrogen and oxygen atoms in total. The Morgan fingerprint density at radius 1 is 0.264 bits per heavy atom. The van der Waals surface area contributed by atoms with Gasteiger partial charge in [0.05, 0.1) is 26.4 Å². The summed E-state index contributed by atoms with van der Waals surface area (Å²) in [7, 11) is -9.92. The Bertz CT molecular complexity index is 2020. The van der Waals surface area contributed by atoms with Crippen molar-refractivity contribution in [1.29, 1.82) is 0 Å². The first-order valence-corrected chi connectivity index (χ1v) is 48.2. The molecule has 0 saturated heterocycles. The predicted octanol–water partition coefficient (Wildman–Crippen LogP) is 26.8. The summed E-state index contributed by atoms with van der Waals surface area (Å²) in [5, 5.41) is 10.7. The fraction of sp³-hybridized carbons (Fsp3) is 0.954. The third kappa shape index (κ3) is 78.7. The van der Waals surface area contributed by atoms with Crippen LogP contribution in [0.15, 0.2) is 0 Å². The van der Waals surface area contributed by atoms with Crippen LogP contribution in [0.1, 0.15) is 471 Å². The third-order valence-corrected chi connectivity index (χ3v) is 22.8. The Morgan fingerprint density at radius 3 is 0.670 bits per heavy atom. The Morgan fingerprint density at radius 2 is 0.453 bits per heavy atom. The van der Waals surface area contributed by atoms with Gasteiger partial charge >= 0.3 is 39.5 Å². The van der Waals surface area contributed by atoms with Crippen LogP contribution in [0.25, 0.3) is 0 Å². The topological polar surface area (TPSA) is 237 Å². The molecule has 0 aromatic rings. The Labute approximate surface area is 651 Å². The van der Waals surface area contributed by atoms with Crippen molar-refractivity contribution in [2.75, 3.05) is 39.6 Å². The van der Waals surface area contributed by atoms with Crippen molar-refractivity contribution in [1.82, 2.24) is 0 Å². The summed E-state index contributed by atoms with van der Waals surface area (Å²) >= 11 is 0. The summed E-state index contributed by atoms with van der Waals surface area (Å²) < 4.78 is 68.8. The molecule has 0 fully saturated rings. The van der Waals surface area contributed by atoms with Crippen LogP contribution in [-0.4, -0.2) is 96.7 Å². The van der Waals surface area contributed by atoms with E-state index in [0.717, 1.165) is 95.8 Å². The number of unbranched alkanes of at least 4 members (excludes halogenated alkanes) is 58. The molecule has 0 aliphatic heterocycles. The molecule has 0 aromatic heterocycles. The number of aliphatic hydroxyl groups is 1. The van der Waals surface area contributed by atoms with Crippen LogP contribution >= 0.6 is 15.6 Å². The number of ether oxygens (including phenoxy) is 4. The SMILES string of the molecule is CCCCCCCCCCCCCCCCCCCCCCCC(=O)OC[C@H](COP(=O)(O)OC[C@@H](O)COP(=O)(O)OC[C@@H](COC(=O)CCCCCCCCCC)OC(=O)CCCCCCCCCCCCCCCCC)OC(=O)CCCCCCCCCCCCCCCCCCCCC(C)CC. The lowest BCUT2D eigenvalue weighted by Gasteiger charge is -2.21. The fourth-order valence-corrected chi connectivity index (χ4v) is 15.2. The second-order valence-electron chi connectivity index (χ2n) is 31.5. The second-order valence-corrected chi connectivity index (χ2v) is 34.4. The van der Waals surface area contributed by atoms with Gasteiger partial charge in [-0.2, -0.15) is 0 Å². The molecule has 3 N–H and O–H groups in total. The summed E-state index contributed by atoms with van der Waals surface area (Å²) in [6, 6.07) is 0. The fourth-order valence-electron chi connectivity index (χ4n) is 13.6. The molecule has 0 bridgehead atoms. The highest BCUT2D eigenvalue weighted by atomic mass is 31.2. The highest BCUT2D eigenvalue weighted by Gasteiger charge is 2.30. The maximum Gasteiger partial charge on any atom is 0.472 e. The van der Waals surface area contributed by atoms with E-state index in [1.54, 1.807) is 0 Å². The molecule has 0 aliphatic carbocycles. The van der Waals surface area contributed by atoms with E-state index in [0.29, 0.717) is 25.7 Å². The maximum absolute atomic E-state index is 13.2. The Kier molecular flexibility index (Phi) is 78.2. The van der Waals surface area contributed by atoms with E-state index >= 15 is 0 Å². The predicted molar refractivity (Wildman–Crippen MR) is 437 cm³/mol. The monoisotopic (exact) mass is 1550 g/mol. The van der Waals surface area contributed by atoms with Crippen molar-refractivity contribution in [2.24, 2.45) is 5.92 Å². The number of phosphoric ester groups is 2. The van der Waals surface area contributed by atoms with E-state index in [4.69, 9.17) is 37.0 Å². The van der Waals surface area contributed by atoms with Crippen molar-refractivity contribution >= 4 is 39.5 Å². The maximum atomic E-state index is 13.2. The first kappa shape index (κ1) is 104. The molecular formula is C87H170O17P2. The number of hydrogen-bond acceptors (Lipinski definition) is 15. The lowest BCUT2D eigenvalue weighted by molar-refractivity contribution is -0.161. The van der Waals surface area contributed by atoms with Crippen LogP contribution in [-0.2, 0) is 65.4 Å². The summed E-state index contributed by atoms with van der Waals surface area (Å²) in [5.41, 5.74) is 0. The van der Waals surface area contributed by atoms with Crippen molar-refractivity contribution in [3.63, 3.8) is 0 Å². The minimum atomic E-state index is -4.97. The van der Waals surface area contributed by atoms with Crippen LogP contribution in [0.3, 0.4) is 0 Å². The first-order valence-electron chi connectivity index (χ1n) is 45.2.